The quantitative estimate of drug-likeness (QED) is 0.493. The van der Waals surface area contributed by atoms with Crippen molar-refractivity contribution in [1.29, 1.82) is 0 Å². The molecule has 4 nitrogen and oxygen atoms in total. The molecule has 0 fully saturated rings. The Kier molecular flexibility index (Phi) is 23.2. The maximum Gasteiger partial charge on any atom is 0 e. The largest absolute Gasteiger partial charge is 0.663 e. The first kappa shape index (κ1) is 26.4. The van der Waals surface area contributed by atoms with Gasteiger partial charge in [0, 0.05) is 19.5 Å². The summed E-state index contributed by atoms with van der Waals surface area (Å²) in [5, 5.41) is 17.0. The molecule has 0 N–H and O–H groups in total. The summed E-state index contributed by atoms with van der Waals surface area (Å²) < 4.78 is 0. The molecule has 21 heavy (non-hydrogen) atoms. The van der Waals surface area contributed by atoms with E-state index in [9.17, 15) is 0 Å². The van der Waals surface area contributed by atoms with Gasteiger partial charge in [-0.25, -0.2) is 0 Å². The second-order valence-corrected chi connectivity index (χ2v) is 5.38. The van der Waals surface area contributed by atoms with Crippen LogP contribution in [-0.2, 0) is 19.5 Å². The van der Waals surface area contributed by atoms with Crippen molar-refractivity contribution in [2.24, 2.45) is 0 Å². The van der Waals surface area contributed by atoms with Gasteiger partial charge in [-0.15, -0.1) is 24.2 Å². The van der Waals surface area contributed by atoms with E-state index in [1.54, 1.807) is 0 Å². The van der Waals surface area contributed by atoms with Crippen LogP contribution in [0.5, 0.6) is 0 Å². The molecule has 0 saturated heterocycles. The predicted octanol–water partition coefficient (Wildman–Crippen LogP) is 5.10. The summed E-state index contributed by atoms with van der Waals surface area (Å²) in [6, 6.07) is 1.88. The molecule has 0 amide bonds. The van der Waals surface area contributed by atoms with Crippen LogP contribution in [-0.4, -0.2) is 51.4 Å². The summed E-state index contributed by atoms with van der Waals surface area (Å²) in [4.78, 5) is 0. The van der Waals surface area contributed by atoms with E-state index in [2.05, 4.69) is 62.8 Å². The molecule has 0 rings (SSSR count). The molecule has 0 aromatic rings. The Bertz CT molecular complexity index is 173. The first-order valence-corrected chi connectivity index (χ1v) is 7.92. The molecule has 0 aliphatic rings. The molecular formula is C16H36N4Zn-4. The Morgan fingerprint density at radius 3 is 1.10 bits per heavy atom. The monoisotopic (exact) mass is 348 g/mol. The number of rotatable bonds is 10. The molecule has 0 aliphatic carbocycles. The van der Waals surface area contributed by atoms with Gasteiger partial charge in [0.05, 0.1) is 0 Å². The topological polar surface area (TPSA) is 56.4 Å². The standard InChI is InChI=1S/2C8H18N2.Zn/c2*1-5-10-8(3)6-7(2)9-4;/h2*7-8H,5-6H2,1-4H3;/q2*-2;. The van der Waals surface area contributed by atoms with Crippen molar-refractivity contribution in [1.82, 2.24) is 0 Å². The summed E-state index contributed by atoms with van der Waals surface area (Å²) in [5.41, 5.74) is 0. The van der Waals surface area contributed by atoms with Gasteiger partial charge in [-0.05, 0) is 0 Å². The summed E-state index contributed by atoms with van der Waals surface area (Å²) in [6.45, 7) is 14.5. The molecule has 4 atom stereocenters. The minimum absolute atomic E-state index is 0. The van der Waals surface area contributed by atoms with E-state index in [0.717, 1.165) is 25.9 Å². The molecule has 5 heteroatoms. The van der Waals surface area contributed by atoms with Gasteiger partial charge in [0.1, 0.15) is 0 Å². The molecule has 0 heterocycles. The van der Waals surface area contributed by atoms with E-state index in [-0.39, 0.29) is 19.5 Å². The zero-order chi connectivity index (χ0) is 16.0. The third-order valence-electron chi connectivity index (χ3n) is 3.23. The number of hydrogen-bond donors (Lipinski definition) is 0. The zero-order valence-electron chi connectivity index (χ0n) is 15.6. The first-order chi connectivity index (χ1) is 9.40. The third-order valence-corrected chi connectivity index (χ3v) is 3.23. The summed E-state index contributed by atoms with van der Waals surface area (Å²) in [5.74, 6) is 0. The Hall–Kier alpha value is 0.463. The molecule has 0 saturated carbocycles. The molecule has 0 radical (unpaired) electrons. The first-order valence-electron chi connectivity index (χ1n) is 7.92. The molecule has 0 spiro atoms. The van der Waals surface area contributed by atoms with Crippen LogP contribution >= 0.6 is 0 Å². The van der Waals surface area contributed by atoms with Crippen LogP contribution in [0.15, 0.2) is 0 Å². The van der Waals surface area contributed by atoms with Crippen LogP contribution in [0, 0.1) is 0 Å². The van der Waals surface area contributed by atoms with Gasteiger partial charge in [0.25, 0.3) is 0 Å². The van der Waals surface area contributed by atoms with E-state index < -0.39 is 0 Å². The molecular weight excluding hydrogens is 314 g/mol. The van der Waals surface area contributed by atoms with E-state index in [0.29, 0.717) is 24.2 Å². The normalized spacial score (nSPS) is 16.0. The van der Waals surface area contributed by atoms with Crippen LogP contribution < -0.4 is 0 Å². The van der Waals surface area contributed by atoms with E-state index >= 15 is 0 Å². The molecule has 0 aliphatic heterocycles. The minimum atomic E-state index is 0. The van der Waals surface area contributed by atoms with Gasteiger partial charge in [-0.2, -0.15) is 27.2 Å². The second kappa shape index (κ2) is 18.5. The molecule has 126 valence electrons. The van der Waals surface area contributed by atoms with Crippen molar-refractivity contribution in [2.75, 3.05) is 27.2 Å². The van der Waals surface area contributed by atoms with Gasteiger partial charge >= 0.3 is 0 Å². The fourth-order valence-electron chi connectivity index (χ4n) is 1.97. The van der Waals surface area contributed by atoms with Gasteiger partial charge in [-0.1, -0.05) is 54.4 Å². The van der Waals surface area contributed by atoms with Crippen LogP contribution in [0.1, 0.15) is 54.4 Å². The Morgan fingerprint density at radius 2 is 0.905 bits per heavy atom. The van der Waals surface area contributed by atoms with Crippen molar-refractivity contribution in [3.8, 4) is 0 Å². The predicted molar refractivity (Wildman–Crippen MR) is 93.4 cm³/mol. The summed E-state index contributed by atoms with van der Waals surface area (Å²) in [7, 11) is 3.73. The molecule has 0 aromatic carbocycles. The summed E-state index contributed by atoms with van der Waals surface area (Å²) in [6.07, 6.45) is 2.18. The average Bonchev–Trinajstić information content (AvgIpc) is 2.39. The molecule has 0 aromatic heterocycles. The van der Waals surface area contributed by atoms with Gasteiger partial charge in [0.2, 0.25) is 0 Å². The van der Waals surface area contributed by atoms with Crippen LogP contribution in [0.4, 0.5) is 0 Å². The maximum atomic E-state index is 4.35. The fourth-order valence-corrected chi connectivity index (χ4v) is 1.97. The van der Waals surface area contributed by atoms with E-state index in [1.807, 2.05) is 14.1 Å². The molecule has 0 bridgehead atoms. The minimum Gasteiger partial charge on any atom is -0.663 e. The van der Waals surface area contributed by atoms with Crippen molar-refractivity contribution >= 4 is 0 Å². The van der Waals surface area contributed by atoms with Crippen LogP contribution in [0.25, 0.3) is 21.3 Å². The SMILES string of the molecule is CC[N-]C(C)CC(C)[N-]C.CC[N-]C(C)CC(C)[N-]C.[Zn]. The van der Waals surface area contributed by atoms with Crippen LogP contribution in [0.3, 0.4) is 0 Å². The van der Waals surface area contributed by atoms with Crippen molar-refractivity contribution < 1.29 is 19.5 Å². The van der Waals surface area contributed by atoms with Crippen LogP contribution in [0.2, 0.25) is 0 Å². The zero-order valence-corrected chi connectivity index (χ0v) is 18.6. The Balaban J connectivity index is -0.000000295. The van der Waals surface area contributed by atoms with Gasteiger partial charge < -0.3 is 21.3 Å². The molecule has 4 unspecified atom stereocenters. The average molecular weight is 350 g/mol. The van der Waals surface area contributed by atoms with E-state index in [4.69, 9.17) is 0 Å². The van der Waals surface area contributed by atoms with Crippen molar-refractivity contribution in [3.63, 3.8) is 0 Å². The summed E-state index contributed by atoms with van der Waals surface area (Å²) >= 11 is 0. The van der Waals surface area contributed by atoms with Gasteiger partial charge in [0.15, 0.2) is 0 Å². The Morgan fingerprint density at radius 1 is 0.619 bits per heavy atom. The van der Waals surface area contributed by atoms with Gasteiger partial charge in [-0.3, -0.25) is 0 Å². The second-order valence-electron chi connectivity index (χ2n) is 5.38. The smallest absolute Gasteiger partial charge is 0 e. The number of nitrogens with zero attached hydrogens (tertiary/aromatic N) is 4. The van der Waals surface area contributed by atoms with Crippen molar-refractivity contribution in [3.05, 3.63) is 21.3 Å². The maximum absolute atomic E-state index is 4.35. The Labute approximate surface area is 146 Å². The van der Waals surface area contributed by atoms with Crippen molar-refractivity contribution in [2.45, 2.75) is 78.6 Å². The fraction of sp³-hybridized carbons (Fsp3) is 1.00. The van der Waals surface area contributed by atoms with E-state index in [1.165, 1.54) is 0 Å². The number of hydrogen-bond acceptors (Lipinski definition) is 0. The third kappa shape index (κ3) is 20.5.